The maximum Gasteiger partial charge on any atom is 0.269 e. The minimum Gasteiger partial charge on any atom is -0.322 e. The van der Waals surface area contributed by atoms with Gasteiger partial charge in [0, 0.05) is 28.9 Å². The van der Waals surface area contributed by atoms with E-state index < -0.39 is 4.92 Å². The number of carbonyl (C=O) groups excluding carboxylic acids is 2. The summed E-state index contributed by atoms with van der Waals surface area (Å²) in [5.74, 6) is -0.376. The van der Waals surface area contributed by atoms with Crippen molar-refractivity contribution < 1.29 is 14.5 Å². The zero-order valence-electron chi connectivity index (χ0n) is 10.3. The van der Waals surface area contributed by atoms with Gasteiger partial charge >= 0.3 is 0 Å². The van der Waals surface area contributed by atoms with Crippen molar-refractivity contribution in [2.24, 2.45) is 0 Å². The zero-order valence-corrected chi connectivity index (χ0v) is 10.3. The van der Waals surface area contributed by atoms with Crippen LogP contribution in [-0.4, -0.2) is 17.1 Å². The minimum atomic E-state index is -0.528. The standard InChI is InChI=1S/C14H10N2O4/c17-9-10-1-5-12(6-2-10)15-14(18)11-3-7-13(8-4-11)16(19)20/h1-9H,(H,15,18). The minimum absolute atomic E-state index is 0.0723. The Morgan fingerprint density at radius 2 is 1.65 bits per heavy atom. The van der Waals surface area contributed by atoms with E-state index in [-0.39, 0.29) is 11.6 Å². The highest BCUT2D eigenvalue weighted by molar-refractivity contribution is 6.04. The number of nitrogens with zero attached hydrogens (tertiary/aromatic N) is 1. The van der Waals surface area contributed by atoms with Crippen LogP contribution in [0.4, 0.5) is 11.4 Å². The van der Waals surface area contributed by atoms with E-state index in [2.05, 4.69) is 5.32 Å². The van der Waals surface area contributed by atoms with Crippen molar-refractivity contribution in [2.75, 3.05) is 5.32 Å². The zero-order chi connectivity index (χ0) is 14.5. The largest absolute Gasteiger partial charge is 0.322 e. The van der Waals surface area contributed by atoms with E-state index in [1.807, 2.05) is 0 Å². The number of amides is 1. The number of anilines is 1. The van der Waals surface area contributed by atoms with Crippen molar-refractivity contribution in [1.29, 1.82) is 0 Å². The van der Waals surface area contributed by atoms with Crippen molar-refractivity contribution in [2.45, 2.75) is 0 Å². The molecule has 2 aromatic carbocycles. The lowest BCUT2D eigenvalue weighted by Crippen LogP contribution is -2.11. The first-order chi connectivity index (χ1) is 9.60. The summed E-state index contributed by atoms with van der Waals surface area (Å²) in [6.07, 6.45) is 0.710. The molecule has 0 fully saturated rings. The molecule has 0 heterocycles. The summed E-state index contributed by atoms with van der Waals surface area (Å²) in [4.78, 5) is 32.4. The van der Waals surface area contributed by atoms with Crippen LogP contribution in [0.3, 0.4) is 0 Å². The molecule has 0 radical (unpaired) electrons. The third-order valence-corrected chi connectivity index (χ3v) is 2.64. The number of aldehydes is 1. The number of hydrogen-bond donors (Lipinski definition) is 1. The fraction of sp³-hybridized carbons (Fsp3) is 0. The van der Waals surface area contributed by atoms with Gasteiger partial charge in [-0.3, -0.25) is 19.7 Å². The number of benzene rings is 2. The van der Waals surface area contributed by atoms with Gasteiger partial charge in [0.25, 0.3) is 11.6 Å². The van der Waals surface area contributed by atoms with Crippen molar-refractivity contribution in [3.05, 3.63) is 69.8 Å². The highest BCUT2D eigenvalue weighted by Gasteiger charge is 2.09. The van der Waals surface area contributed by atoms with Crippen LogP contribution in [0, 0.1) is 10.1 Å². The van der Waals surface area contributed by atoms with Gasteiger partial charge in [-0.1, -0.05) is 0 Å². The smallest absolute Gasteiger partial charge is 0.269 e. The first kappa shape index (κ1) is 13.4. The molecule has 2 aromatic rings. The van der Waals surface area contributed by atoms with Gasteiger partial charge < -0.3 is 5.32 Å². The van der Waals surface area contributed by atoms with Crippen LogP contribution < -0.4 is 5.32 Å². The predicted octanol–water partition coefficient (Wildman–Crippen LogP) is 2.66. The number of nitro groups is 1. The lowest BCUT2D eigenvalue weighted by Gasteiger charge is -2.05. The Morgan fingerprint density at radius 1 is 1.05 bits per heavy atom. The molecular weight excluding hydrogens is 260 g/mol. The Hall–Kier alpha value is -3.02. The summed E-state index contributed by atoms with van der Waals surface area (Å²) in [6, 6.07) is 11.7. The third-order valence-electron chi connectivity index (χ3n) is 2.64. The summed E-state index contributed by atoms with van der Waals surface area (Å²) in [5, 5.41) is 13.1. The lowest BCUT2D eigenvalue weighted by atomic mass is 10.2. The number of rotatable bonds is 4. The SMILES string of the molecule is O=Cc1ccc(NC(=O)c2ccc([N+](=O)[O-])cc2)cc1. The number of hydrogen-bond acceptors (Lipinski definition) is 4. The Balaban J connectivity index is 2.10. The fourth-order valence-electron chi connectivity index (χ4n) is 1.58. The van der Waals surface area contributed by atoms with Gasteiger partial charge in [-0.2, -0.15) is 0 Å². The molecule has 0 spiro atoms. The van der Waals surface area contributed by atoms with E-state index in [9.17, 15) is 19.7 Å². The lowest BCUT2D eigenvalue weighted by molar-refractivity contribution is -0.384. The monoisotopic (exact) mass is 270 g/mol. The molecule has 0 aliphatic heterocycles. The van der Waals surface area contributed by atoms with Crippen molar-refractivity contribution in [3.8, 4) is 0 Å². The van der Waals surface area contributed by atoms with Gasteiger partial charge in [-0.05, 0) is 36.4 Å². The molecule has 0 saturated carbocycles. The van der Waals surface area contributed by atoms with Crippen LogP contribution in [0.15, 0.2) is 48.5 Å². The molecule has 6 nitrogen and oxygen atoms in total. The van der Waals surface area contributed by atoms with E-state index in [1.54, 1.807) is 24.3 Å². The van der Waals surface area contributed by atoms with Crippen LogP contribution in [0.2, 0.25) is 0 Å². The predicted molar refractivity (Wildman–Crippen MR) is 72.9 cm³/mol. The first-order valence-corrected chi connectivity index (χ1v) is 5.71. The Labute approximate surface area is 114 Å². The molecule has 0 atom stereocenters. The van der Waals surface area contributed by atoms with Crippen molar-refractivity contribution >= 4 is 23.6 Å². The van der Waals surface area contributed by atoms with Crippen LogP contribution in [0.1, 0.15) is 20.7 Å². The number of carbonyl (C=O) groups is 2. The van der Waals surface area contributed by atoms with Crippen molar-refractivity contribution in [1.82, 2.24) is 0 Å². The molecule has 6 heteroatoms. The van der Waals surface area contributed by atoms with Crippen LogP contribution in [0.25, 0.3) is 0 Å². The summed E-state index contributed by atoms with van der Waals surface area (Å²) in [5.41, 5.74) is 1.30. The molecule has 100 valence electrons. The highest BCUT2D eigenvalue weighted by Crippen LogP contribution is 2.14. The molecule has 20 heavy (non-hydrogen) atoms. The van der Waals surface area contributed by atoms with Gasteiger partial charge in [0.1, 0.15) is 6.29 Å². The molecule has 2 rings (SSSR count). The highest BCUT2D eigenvalue weighted by atomic mass is 16.6. The van der Waals surface area contributed by atoms with E-state index in [4.69, 9.17) is 0 Å². The van der Waals surface area contributed by atoms with E-state index in [1.165, 1.54) is 24.3 Å². The van der Waals surface area contributed by atoms with E-state index in [0.717, 1.165) is 0 Å². The Bertz CT molecular complexity index is 648. The Morgan fingerprint density at radius 3 is 2.15 bits per heavy atom. The molecule has 1 N–H and O–H groups in total. The first-order valence-electron chi connectivity index (χ1n) is 5.71. The van der Waals surface area contributed by atoms with E-state index >= 15 is 0 Å². The molecule has 0 saturated heterocycles. The fourth-order valence-corrected chi connectivity index (χ4v) is 1.58. The third kappa shape index (κ3) is 3.05. The number of non-ortho nitro benzene ring substituents is 1. The molecule has 1 amide bonds. The van der Waals surface area contributed by atoms with Gasteiger partial charge in [0.05, 0.1) is 4.92 Å². The second kappa shape index (κ2) is 5.75. The maximum absolute atomic E-state index is 11.9. The van der Waals surface area contributed by atoms with Gasteiger partial charge in [-0.15, -0.1) is 0 Å². The number of nitrogens with one attached hydrogen (secondary N) is 1. The molecule has 0 aromatic heterocycles. The summed E-state index contributed by atoms with van der Waals surface area (Å²) in [6.45, 7) is 0. The normalized spacial score (nSPS) is 9.80. The second-order valence-electron chi connectivity index (χ2n) is 4.00. The van der Waals surface area contributed by atoms with Gasteiger partial charge in [0.2, 0.25) is 0 Å². The second-order valence-corrected chi connectivity index (χ2v) is 4.00. The van der Waals surface area contributed by atoms with Crippen LogP contribution in [-0.2, 0) is 0 Å². The van der Waals surface area contributed by atoms with Gasteiger partial charge in [-0.25, -0.2) is 0 Å². The molecule has 0 aliphatic carbocycles. The maximum atomic E-state index is 11.9. The summed E-state index contributed by atoms with van der Waals surface area (Å²) >= 11 is 0. The van der Waals surface area contributed by atoms with E-state index in [0.29, 0.717) is 23.1 Å². The summed E-state index contributed by atoms with van der Waals surface area (Å²) in [7, 11) is 0. The van der Waals surface area contributed by atoms with Gasteiger partial charge in [0.15, 0.2) is 0 Å². The van der Waals surface area contributed by atoms with Crippen LogP contribution >= 0.6 is 0 Å². The van der Waals surface area contributed by atoms with Crippen LogP contribution in [0.5, 0.6) is 0 Å². The molecular formula is C14H10N2O4. The number of nitro benzene ring substituents is 1. The quantitative estimate of drug-likeness (QED) is 0.525. The Kier molecular flexibility index (Phi) is 3.85. The average Bonchev–Trinajstić information content (AvgIpc) is 2.48. The molecule has 0 aliphatic rings. The van der Waals surface area contributed by atoms with Crippen molar-refractivity contribution in [3.63, 3.8) is 0 Å². The topological polar surface area (TPSA) is 89.3 Å². The summed E-state index contributed by atoms with van der Waals surface area (Å²) < 4.78 is 0. The molecule has 0 unspecified atom stereocenters. The average molecular weight is 270 g/mol. The molecule has 0 bridgehead atoms.